The second-order valence-corrected chi connectivity index (χ2v) is 5.22. The van der Waals surface area contributed by atoms with E-state index in [0.717, 1.165) is 15.8 Å². The van der Waals surface area contributed by atoms with Crippen LogP contribution in [0.2, 0.25) is 0 Å². The highest BCUT2D eigenvalue weighted by atomic mass is 32.1. The lowest BCUT2D eigenvalue weighted by Gasteiger charge is -2.03. The predicted molar refractivity (Wildman–Crippen MR) is 76.5 cm³/mol. The highest BCUT2D eigenvalue weighted by Crippen LogP contribution is 2.33. The molecular weight excluding hydrogens is 258 g/mol. The van der Waals surface area contributed by atoms with E-state index in [1.54, 1.807) is 11.5 Å². The molecule has 1 heterocycles. The van der Waals surface area contributed by atoms with Gasteiger partial charge in [-0.1, -0.05) is 42.5 Å². The van der Waals surface area contributed by atoms with Crippen LogP contribution >= 0.6 is 11.3 Å². The van der Waals surface area contributed by atoms with Gasteiger partial charge in [-0.2, -0.15) is 0 Å². The van der Waals surface area contributed by atoms with Crippen molar-refractivity contribution in [3.05, 3.63) is 59.5 Å². The zero-order chi connectivity index (χ0) is 13.2. The molecule has 0 radical (unpaired) electrons. The Balaban J connectivity index is 2.14. The fraction of sp³-hybridized carbons (Fsp3) is 0. The first-order chi connectivity index (χ1) is 9.29. The van der Waals surface area contributed by atoms with Crippen molar-refractivity contribution < 1.29 is 10.0 Å². The molecule has 19 heavy (non-hydrogen) atoms. The van der Waals surface area contributed by atoms with Gasteiger partial charge in [0, 0.05) is 4.88 Å². The van der Waals surface area contributed by atoms with Gasteiger partial charge in [0.2, 0.25) is 0 Å². The summed E-state index contributed by atoms with van der Waals surface area (Å²) in [4.78, 5) is 12.9. The summed E-state index contributed by atoms with van der Waals surface area (Å²) in [6, 6.07) is 17.9. The number of rotatable bonds is 2. The van der Waals surface area contributed by atoms with Crippen LogP contribution in [0.15, 0.2) is 54.6 Å². The van der Waals surface area contributed by atoms with Crippen LogP contribution in [0.4, 0.5) is 0 Å². The summed E-state index contributed by atoms with van der Waals surface area (Å²) in [6.45, 7) is 0. The predicted octanol–water partition coefficient (Wildman–Crippen LogP) is 3.69. The van der Waals surface area contributed by atoms with Gasteiger partial charge in [0.25, 0.3) is 5.91 Å². The zero-order valence-electron chi connectivity index (χ0n) is 9.96. The summed E-state index contributed by atoms with van der Waals surface area (Å²) in [5.74, 6) is -0.475. The van der Waals surface area contributed by atoms with Gasteiger partial charge in [-0.05, 0) is 28.5 Å². The molecule has 0 saturated heterocycles. The van der Waals surface area contributed by atoms with Gasteiger partial charge >= 0.3 is 0 Å². The molecule has 94 valence electrons. The first-order valence-electron chi connectivity index (χ1n) is 5.82. The van der Waals surface area contributed by atoms with Gasteiger partial charge in [-0.25, -0.2) is 5.48 Å². The molecule has 0 atom stereocenters. The van der Waals surface area contributed by atoms with Crippen LogP contribution in [0.3, 0.4) is 0 Å². The number of hydrogen-bond donors (Lipinski definition) is 2. The number of hydrogen-bond acceptors (Lipinski definition) is 3. The number of fused-ring (bicyclic) bond motifs is 1. The third-order valence-corrected chi connectivity index (χ3v) is 4.10. The number of benzene rings is 2. The first kappa shape index (κ1) is 11.9. The van der Waals surface area contributed by atoms with Crippen molar-refractivity contribution in [2.24, 2.45) is 0 Å². The van der Waals surface area contributed by atoms with Crippen molar-refractivity contribution in [3.8, 4) is 10.4 Å². The summed E-state index contributed by atoms with van der Waals surface area (Å²) < 4.78 is 0. The molecular formula is C15H11NO2S. The van der Waals surface area contributed by atoms with Crippen molar-refractivity contribution in [2.75, 3.05) is 0 Å². The molecule has 0 aliphatic heterocycles. The highest BCUT2D eigenvalue weighted by molar-refractivity contribution is 7.17. The maximum atomic E-state index is 11.4. The standard InChI is InChI=1S/C15H11NO2S/c17-15(16-18)14-9-8-13(19-14)12-7-3-5-10-4-1-2-6-11(10)12/h1-9,18H,(H,16,17). The van der Waals surface area contributed by atoms with E-state index in [4.69, 9.17) is 5.21 Å². The lowest BCUT2D eigenvalue weighted by molar-refractivity contribution is 0.0711. The number of hydroxylamine groups is 1. The normalized spacial score (nSPS) is 10.6. The van der Waals surface area contributed by atoms with Crippen LogP contribution in [0.25, 0.3) is 21.2 Å². The van der Waals surface area contributed by atoms with Crippen molar-refractivity contribution in [2.45, 2.75) is 0 Å². The van der Waals surface area contributed by atoms with Crippen LogP contribution in [-0.2, 0) is 0 Å². The fourth-order valence-electron chi connectivity index (χ4n) is 2.10. The maximum absolute atomic E-state index is 11.4. The monoisotopic (exact) mass is 269 g/mol. The number of carbonyl (C=O) groups is 1. The fourth-order valence-corrected chi connectivity index (χ4v) is 3.04. The number of thiophene rings is 1. The molecule has 3 aromatic rings. The van der Waals surface area contributed by atoms with Crippen LogP contribution in [-0.4, -0.2) is 11.1 Å². The van der Waals surface area contributed by atoms with E-state index in [9.17, 15) is 4.79 Å². The molecule has 2 N–H and O–H groups in total. The lowest BCUT2D eigenvalue weighted by atomic mass is 10.0. The Bertz CT molecular complexity index is 743. The smallest absolute Gasteiger partial charge is 0.284 e. The van der Waals surface area contributed by atoms with E-state index >= 15 is 0 Å². The molecule has 0 bridgehead atoms. The third-order valence-electron chi connectivity index (χ3n) is 2.99. The third kappa shape index (κ3) is 2.12. The Morgan fingerprint density at radius 1 is 1.00 bits per heavy atom. The minimum atomic E-state index is -0.475. The van der Waals surface area contributed by atoms with Gasteiger partial charge in [0.15, 0.2) is 0 Å². The van der Waals surface area contributed by atoms with E-state index in [1.165, 1.54) is 16.7 Å². The Morgan fingerprint density at radius 2 is 1.79 bits per heavy atom. The van der Waals surface area contributed by atoms with E-state index in [2.05, 4.69) is 18.2 Å². The minimum absolute atomic E-state index is 0.475. The topological polar surface area (TPSA) is 49.3 Å². The Labute approximate surface area is 114 Å². The zero-order valence-corrected chi connectivity index (χ0v) is 10.8. The summed E-state index contributed by atoms with van der Waals surface area (Å²) in [5.41, 5.74) is 2.75. The molecule has 4 heteroatoms. The molecule has 0 fully saturated rings. The second-order valence-electron chi connectivity index (χ2n) is 4.13. The van der Waals surface area contributed by atoms with Gasteiger partial charge in [0.1, 0.15) is 0 Å². The van der Waals surface area contributed by atoms with Gasteiger partial charge in [0.05, 0.1) is 4.88 Å². The molecule has 0 unspecified atom stereocenters. The van der Waals surface area contributed by atoms with Crippen LogP contribution in [0.1, 0.15) is 9.67 Å². The minimum Gasteiger partial charge on any atom is -0.288 e. The second kappa shape index (κ2) is 4.84. The summed E-state index contributed by atoms with van der Waals surface area (Å²) in [6.07, 6.45) is 0. The Hall–Kier alpha value is -2.17. The Kier molecular flexibility index (Phi) is 3.03. The molecule has 3 nitrogen and oxygen atoms in total. The molecule has 0 aliphatic carbocycles. The number of amides is 1. The van der Waals surface area contributed by atoms with Gasteiger partial charge < -0.3 is 0 Å². The first-order valence-corrected chi connectivity index (χ1v) is 6.63. The van der Waals surface area contributed by atoms with Gasteiger partial charge in [-0.3, -0.25) is 10.0 Å². The number of nitrogens with one attached hydrogen (secondary N) is 1. The van der Waals surface area contributed by atoms with Crippen molar-refractivity contribution in [1.82, 2.24) is 5.48 Å². The van der Waals surface area contributed by atoms with E-state index in [0.29, 0.717) is 4.88 Å². The average Bonchev–Trinajstić information content (AvgIpc) is 2.95. The number of carbonyl (C=O) groups excluding carboxylic acids is 1. The van der Waals surface area contributed by atoms with E-state index < -0.39 is 5.91 Å². The molecule has 3 rings (SSSR count). The summed E-state index contributed by atoms with van der Waals surface area (Å²) in [7, 11) is 0. The van der Waals surface area contributed by atoms with Crippen LogP contribution in [0, 0.1) is 0 Å². The quantitative estimate of drug-likeness (QED) is 0.550. The van der Waals surface area contributed by atoms with Crippen molar-refractivity contribution in [1.29, 1.82) is 0 Å². The Morgan fingerprint density at radius 3 is 2.63 bits per heavy atom. The summed E-state index contributed by atoms with van der Waals surface area (Å²) >= 11 is 1.36. The largest absolute Gasteiger partial charge is 0.288 e. The SMILES string of the molecule is O=C(NO)c1ccc(-c2cccc3ccccc23)s1. The van der Waals surface area contributed by atoms with Gasteiger partial charge in [-0.15, -0.1) is 11.3 Å². The molecule has 0 saturated carbocycles. The van der Waals surface area contributed by atoms with Crippen molar-refractivity contribution >= 4 is 28.0 Å². The maximum Gasteiger partial charge on any atom is 0.284 e. The molecule has 1 aromatic heterocycles. The van der Waals surface area contributed by atoms with Crippen molar-refractivity contribution in [3.63, 3.8) is 0 Å². The van der Waals surface area contributed by atoms with E-state index in [-0.39, 0.29) is 0 Å². The summed E-state index contributed by atoms with van der Waals surface area (Å²) in [5, 5.41) is 11.0. The molecule has 0 spiro atoms. The molecule has 2 aromatic carbocycles. The molecule has 0 aliphatic rings. The van der Waals surface area contributed by atoms with Crippen LogP contribution in [0.5, 0.6) is 0 Å². The van der Waals surface area contributed by atoms with Crippen LogP contribution < -0.4 is 5.48 Å². The lowest BCUT2D eigenvalue weighted by Crippen LogP contribution is -2.16. The highest BCUT2D eigenvalue weighted by Gasteiger charge is 2.10. The molecule has 1 amide bonds. The van der Waals surface area contributed by atoms with E-state index in [1.807, 2.05) is 30.3 Å². The average molecular weight is 269 g/mol.